The van der Waals surface area contributed by atoms with Crippen LogP contribution in [0.15, 0.2) is 35.8 Å². The quantitative estimate of drug-likeness (QED) is 0.727. The van der Waals surface area contributed by atoms with Crippen LogP contribution in [-0.2, 0) is 0 Å². The summed E-state index contributed by atoms with van der Waals surface area (Å²) >= 11 is 3.61. The lowest BCUT2D eigenvalue weighted by Crippen LogP contribution is -2.21. The van der Waals surface area contributed by atoms with Crippen molar-refractivity contribution in [3.05, 3.63) is 51.2 Å². The number of aryl methyl sites for hydroxylation is 1. The summed E-state index contributed by atoms with van der Waals surface area (Å²) in [6, 6.07) is 9.37. The average Bonchev–Trinajstić information content (AvgIpc) is 3.05. The molecule has 0 fully saturated rings. The Morgan fingerprint density at radius 3 is 2.75 bits per heavy atom. The fraction of sp³-hybridized carbons (Fsp3) is 0.312. The molecule has 3 rings (SSSR count). The molecular formula is C16H18N2S2. The Morgan fingerprint density at radius 2 is 2.00 bits per heavy atom. The highest BCUT2D eigenvalue weighted by atomic mass is 32.1. The van der Waals surface area contributed by atoms with E-state index in [1.807, 2.05) is 17.5 Å². The minimum atomic E-state index is 0.298. The number of nitrogens with zero attached hydrogens (tertiary/aromatic N) is 1. The standard InChI is InChI=1S/C16H18N2S2/c1-10-4-5-15(20-10)12(3)18-11(2)13-8-16-14(17-9-13)6-7-19-16/h4-9,11-12,18H,1-3H3. The van der Waals surface area contributed by atoms with Gasteiger partial charge in [0.25, 0.3) is 0 Å². The Morgan fingerprint density at radius 1 is 1.15 bits per heavy atom. The van der Waals surface area contributed by atoms with E-state index in [2.05, 4.69) is 60.7 Å². The van der Waals surface area contributed by atoms with Crippen LogP contribution in [0.5, 0.6) is 0 Å². The van der Waals surface area contributed by atoms with Crippen LogP contribution in [0.3, 0.4) is 0 Å². The average molecular weight is 302 g/mol. The maximum Gasteiger partial charge on any atom is 0.0809 e. The molecule has 3 aromatic heterocycles. The monoisotopic (exact) mass is 302 g/mol. The molecule has 0 radical (unpaired) electrons. The summed E-state index contributed by atoms with van der Waals surface area (Å²) in [5.41, 5.74) is 2.34. The van der Waals surface area contributed by atoms with Crippen molar-refractivity contribution in [3.63, 3.8) is 0 Å². The first kappa shape index (κ1) is 13.7. The van der Waals surface area contributed by atoms with Gasteiger partial charge in [-0.15, -0.1) is 22.7 Å². The molecule has 20 heavy (non-hydrogen) atoms. The maximum atomic E-state index is 4.52. The summed E-state index contributed by atoms with van der Waals surface area (Å²) in [7, 11) is 0. The molecule has 0 aliphatic heterocycles. The number of pyridine rings is 1. The van der Waals surface area contributed by atoms with E-state index < -0.39 is 0 Å². The van der Waals surface area contributed by atoms with Crippen molar-refractivity contribution in [2.75, 3.05) is 0 Å². The third-order valence-electron chi connectivity index (χ3n) is 3.51. The second-order valence-electron chi connectivity index (χ2n) is 5.13. The summed E-state index contributed by atoms with van der Waals surface area (Å²) in [5, 5.41) is 5.75. The van der Waals surface area contributed by atoms with Crippen LogP contribution in [0.25, 0.3) is 10.2 Å². The maximum absolute atomic E-state index is 4.52. The largest absolute Gasteiger partial charge is 0.303 e. The van der Waals surface area contributed by atoms with Crippen LogP contribution in [-0.4, -0.2) is 4.98 Å². The van der Waals surface area contributed by atoms with Gasteiger partial charge in [0, 0.05) is 28.0 Å². The molecule has 104 valence electrons. The molecule has 0 aliphatic rings. The van der Waals surface area contributed by atoms with Crippen LogP contribution < -0.4 is 5.32 Å². The minimum Gasteiger partial charge on any atom is -0.303 e. The lowest BCUT2D eigenvalue weighted by atomic mass is 10.1. The first-order valence-corrected chi connectivity index (χ1v) is 8.48. The number of fused-ring (bicyclic) bond motifs is 1. The smallest absolute Gasteiger partial charge is 0.0809 e. The summed E-state index contributed by atoms with van der Waals surface area (Å²) in [5.74, 6) is 0. The van der Waals surface area contributed by atoms with Crippen LogP contribution >= 0.6 is 22.7 Å². The van der Waals surface area contributed by atoms with E-state index in [0.29, 0.717) is 12.1 Å². The second-order valence-corrected chi connectivity index (χ2v) is 7.40. The van der Waals surface area contributed by atoms with Crippen LogP contribution in [0, 0.1) is 6.92 Å². The Bertz CT molecular complexity index is 714. The lowest BCUT2D eigenvalue weighted by Gasteiger charge is -2.19. The molecule has 2 unspecified atom stereocenters. The predicted octanol–water partition coefficient (Wildman–Crippen LogP) is 5.08. The van der Waals surface area contributed by atoms with Crippen molar-refractivity contribution in [1.29, 1.82) is 0 Å². The number of rotatable bonds is 4. The van der Waals surface area contributed by atoms with Crippen molar-refractivity contribution in [2.24, 2.45) is 0 Å². The highest BCUT2D eigenvalue weighted by molar-refractivity contribution is 7.17. The zero-order chi connectivity index (χ0) is 14.1. The third kappa shape index (κ3) is 2.77. The van der Waals surface area contributed by atoms with Crippen molar-refractivity contribution in [3.8, 4) is 0 Å². The summed E-state index contributed by atoms with van der Waals surface area (Å²) in [6.07, 6.45) is 1.99. The van der Waals surface area contributed by atoms with E-state index in [1.165, 1.54) is 20.0 Å². The van der Waals surface area contributed by atoms with Gasteiger partial charge in [-0.2, -0.15) is 0 Å². The van der Waals surface area contributed by atoms with Crippen molar-refractivity contribution in [2.45, 2.75) is 32.9 Å². The molecule has 3 aromatic rings. The molecule has 0 aromatic carbocycles. The van der Waals surface area contributed by atoms with Crippen LogP contribution in [0.2, 0.25) is 0 Å². The lowest BCUT2D eigenvalue weighted by molar-refractivity contribution is 0.499. The highest BCUT2D eigenvalue weighted by Crippen LogP contribution is 2.27. The fourth-order valence-electron chi connectivity index (χ4n) is 2.34. The van der Waals surface area contributed by atoms with E-state index in [1.54, 1.807) is 11.3 Å². The second kappa shape index (κ2) is 5.64. The number of nitrogens with one attached hydrogen (secondary N) is 1. The molecule has 4 heteroatoms. The van der Waals surface area contributed by atoms with Crippen molar-refractivity contribution in [1.82, 2.24) is 10.3 Å². The Kier molecular flexibility index (Phi) is 3.87. The van der Waals surface area contributed by atoms with Crippen LogP contribution in [0.4, 0.5) is 0 Å². The number of hydrogen-bond donors (Lipinski definition) is 1. The van der Waals surface area contributed by atoms with Gasteiger partial charge in [-0.25, -0.2) is 0 Å². The van der Waals surface area contributed by atoms with Gasteiger partial charge in [0.2, 0.25) is 0 Å². The molecule has 2 nitrogen and oxygen atoms in total. The summed E-state index contributed by atoms with van der Waals surface area (Å²) in [6.45, 7) is 6.57. The Labute approximate surface area is 127 Å². The minimum absolute atomic E-state index is 0.298. The third-order valence-corrected chi connectivity index (χ3v) is 5.55. The van der Waals surface area contributed by atoms with Crippen molar-refractivity contribution >= 4 is 32.9 Å². The topological polar surface area (TPSA) is 24.9 Å². The molecule has 0 saturated heterocycles. The van der Waals surface area contributed by atoms with Crippen molar-refractivity contribution < 1.29 is 0 Å². The SMILES string of the molecule is Cc1ccc(C(C)NC(C)c2cnc3ccsc3c2)s1. The van der Waals surface area contributed by atoms with Gasteiger partial charge in [-0.05, 0) is 56.0 Å². The molecule has 0 amide bonds. The molecule has 2 atom stereocenters. The Balaban J connectivity index is 1.76. The van der Waals surface area contributed by atoms with Crippen LogP contribution in [0.1, 0.15) is 41.2 Å². The van der Waals surface area contributed by atoms with Gasteiger partial charge in [-0.1, -0.05) is 0 Å². The molecule has 3 heterocycles. The fourth-order valence-corrected chi connectivity index (χ4v) is 4.02. The predicted molar refractivity (Wildman–Crippen MR) is 88.6 cm³/mol. The van der Waals surface area contributed by atoms with Gasteiger partial charge in [0.1, 0.15) is 0 Å². The van der Waals surface area contributed by atoms with E-state index in [-0.39, 0.29) is 0 Å². The molecule has 0 aliphatic carbocycles. The van der Waals surface area contributed by atoms with Gasteiger partial charge in [0.05, 0.1) is 10.2 Å². The zero-order valence-electron chi connectivity index (χ0n) is 11.9. The number of thiophene rings is 2. The molecule has 1 N–H and O–H groups in total. The summed E-state index contributed by atoms with van der Waals surface area (Å²) in [4.78, 5) is 7.27. The normalized spacial score (nSPS) is 14.6. The van der Waals surface area contributed by atoms with E-state index in [4.69, 9.17) is 0 Å². The summed E-state index contributed by atoms with van der Waals surface area (Å²) < 4.78 is 1.26. The molecule has 0 saturated carbocycles. The van der Waals surface area contributed by atoms with Gasteiger partial charge in [-0.3, -0.25) is 4.98 Å². The molecule has 0 bridgehead atoms. The highest BCUT2D eigenvalue weighted by Gasteiger charge is 2.13. The first-order chi connectivity index (χ1) is 9.63. The Hall–Kier alpha value is -1.23. The van der Waals surface area contributed by atoms with E-state index in [0.717, 1.165) is 5.52 Å². The first-order valence-electron chi connectivity index (χ1n) is 6.79. The van der Waals surface area contributed by atoms with Gasteiger partial charge in [0.15, 0.2) is 0 Å². The number of hydrogen-bond acceptors (Lipinski definition) is 4. The molecule has 0 spiro atoms. The van der Waals surface area contributed by atoms with E-state index in [9.17, 15) is 0 Å². The van der Waals surface area contributed by atoms with E-state index >= 15 is 0 Å². The molecular weight excluding hydrogens is 284 g/mol. The zero-order valence-corrected chi connectivity index (χ0v) is 13.5. The van der Waals surface area contributed by atoms with Gasteiger partial charge < -0.3 is 5.32 Å². The van der Waals surface area contributed by atoms with Gasteiger partial charge >= 0.3 is 0 Å². The number of aromatic nitrogens is 1.